The molecule has 152 valence electrons. The molecule has 0 saturated carbocycles. The van der Waals surface area contributed by atoms with E-state index >= 15 is 0 Å². The van der Waals surface area contributed by atoms with Crippen LogP contribution in [0.25, 0.3) is 0 Å². The monoisotopic (exact) mass is 363 g/mol. The largest absolute Gasteiger partial charge is 0.367 e. The van der Waals surface area contributed by atoms with Crippen molar-refractivity contribution in [3.05, 3.63) is 24.6 Å². The molecule has 0 radical (unpaired) electrons. The van der Waals surface area contributed by atoms with Crippen molar-refractivity contribution in [2.75, 3.05) is 13.1 Å². The summed E-state index contributed by atoms with van der Waals surface area (Å²) >= 11 is 0. The Morgan fingerprint density at radius 1 is 0.846 bits per heavy atom. The number of nitrogens with two attached hydrogens (primary N) is 1. The van der Waals surface area contributed by atoms with E-state index in [9.17, 15) is 0 Å². The third-order valence-corrected chi connectivity index (χ3v) is 5.32. The quantitative estimate of drug-likeness (QED) is 0.229. The molecule has 1 rings (SSSR count). The molecule has 1 aliphatic rings. The molecule has 0 saturated heterocycles. The summed E-state index contributed by atoms with van der Waals surface area (Å²) in [6, 6.07) is 0. The number of hydrogen-bond donors (Lipinski definition) is 2. The van der Waals surface area contributed by atoms with E-state index in [0.29, 0.717) is 12.7 Å². The Labute approximate surface area is 163 Å². The van der Waals surface area contributed by atoms with Crippen LogP contribution in [0.1, 0.15) is 103 Å². The van der Waals surface area contributed by atoms with Crippen molar-refractivity contribution in [3.8, 4) is 0 Å². The van der Waals surface area contributed by atoms with Crippen LogP contribution in [-0.2, 0) is 0 Å². The molecule has 0 aromatic rings. The molecule has 1 heterocycles. The number of hydrogen-bond acceptors (Lipinski definition) is 3. The van der Waals surface area contributed by atoms with Crippen LogP contribution in [0.5, 0.6) is 0 Å². The summed E-state index contributed by atoms with van der Waals surface area (Å²) < 4.78 is 0. The van der Waals surface area contributed by atoms with Gasteiger partial charge < -0.3 is 16.0 Å². The molecule has 0 bridgehead atoms. The minimum absolute atomic E-state index is 0.310. The van der Waals surface area contributed by atoms with Gasteiger partial charge in [-0.2, -0.15) is 0 Å². The van der Waals surface area contributed by atoms with Gasteiger partial charge in [-0.3, -0.25) is 0 Å². The summed E-state index contributed by atoms with van der Waals surface area (Å²) in [6.07, 6.45) is 30.2. The van der Waals surface area contributed by atoms with Crippen LogP contribution in [0.3, 0.4) is 0 Å². The molecule has 0 fully saturated rings. The van der Waals surface area contributed by atoms with Gasteiger partial charge >= 0.3 is 0 Å². The van der Waals surface area contributed by atoms with E-state index in [4.69, 9.17) is 5.73 Å². The van der Waals surface area contributed by atoms with Gasteiger partial charge in [-0.25, -0.2) is 0 Å². The molecule has 3 nitrogen and oxygen atoms in total. The second-order valence-corrected chi connectivity index (χ2v) is 7.77. The van der Waals surface area contributed by atoms with Gasteiger partial charge in [0.05, 0.1) is 0 Å². The van der Waals surface area contributed by atoms with E-state index in [1.807, 2.05) is 6.20 Å². The van der Waals surface area contributed by atoms with E-state index < -0.39 is 0 Å². The fourth-order valence-electron chi connectivity index (χ4n) is 3.64. The minimum Gasteiger partial charge on any atom is -0.367 e. The van der Waals surface area contributed by atoms with E-state index in [0.717, 1.165) is 6.54 Å². The standard InChI is InChI=1S/C23H45N3/c1-2-3-4-5-6-7-8-9-10-11-12-13-14-15-16-17-18-23-25-20-22-26(23)21-19-24/h17-18,20,22-23,25H,2-16,19,21,24H2,1H3/b18-17+. The van der Waals surface area contributed by atoms with Crippen LogP contribution in [-0.4, -0.2) is 24.2 Å². The zero-order valence-electron chi connectivity index (χ0n) is 17.4. The van der Waals surface area contributed by atoms with E-state index in [1.54, 1.807) is 0 Å². The van der Waals surface area contributed by atoms with Crippen LogP contribution < -0.4 is 11.1 Å². The van der Waals surface area contributed by atoms with Crippen molar-refractivity contribution < 1.29 is 0 Å². The first-order valence-electron chi connectivity index (χ1n) is 11.4. The van der Waals surface area contributed by atoms with E-state index in [-0.39, 0.29) is 0 Å². The molecule has 1 aliphatic heterocycles. The maximum absolute atomic E-state index is 5.63. The van der Waals surface area contributed by atoms with Crippen LogP contribution >= 0.6 is 0 Å². The molecule has 0 spiro atoms. The summed E-state index contributed by atoms with van der Waals surface area (Å²) in [5, 5.41) is 3.35. The highest BCUT2D eigenvalue weighted by molar-refractivity contribution is 5.04. The van der Waals surface area contributed by atoms with Gasteiger partial charge in [0, 0.05) is 25.5 Å². The van der Waals surface area contributed by atoms with Gasteiger partial charge in [-0.05, 0) is 18.9 Å². The lowest BCUT2D eigenvalue weighted by Gasteiger charge is -2.21. The highest BCUT2D eigenvalue weighted by atomic mass is 15.3. The van der Waals surface area contributed by atoms with Gasteiger partial charge in [0.25, 0.3) is 0 Å². The molecule has 26 heavy (non-hydrogen) atoms. The van der Waals surface area contributed by atoms with E-state index in [1.165, 1.54) is 96.3 Å². The molecule has 1 unspecified atom stereocenters. The normalized spacial score (nSPS) is 16.7. The van der Waals surface area contributed by atoms with Crippen molar-refractivity contribution in [2.45, 2.75) is 109 Å². The van der Waals surface area contributed by atoms with Crippen LogP contribution in [0, 0.1) is 0 Å². The number of allylic oxidation sites excluding steroid dienone is 1. The van der Waals surface area contributed by atoms with Gasteiger partial charge in [0.2, 0.25) is 0 Å². The summed E-state index contributed by atoms with van der Waals surface area (Å²) in [4.78, 5) is 2.25. The average Bonchev–Trinajstić information content (AvgIpc) is 3.09. The lowest BCUT2D eigenvalue weighted by molar-refractivity contribution is 0.333. The molecule has 0 aliphatic carbocycles. The molecule has 1 atom stereocenters. The van der Waals surface area contributed by atoms with Gasteiger partial charge in [0.1, 0.15) is 6.17 Å². The van der Waals surface area contributed by atoms with Crippen LogP contribution in [0.15, 0.2) is 24.6 Å². The Hall–Kier alpha value is -0.960. The average molecular weight is 364 g/mol. The van der Waals surface area contributed by atoms with Gasteiger partial charge in [-0.1, -0.05) is 96.5 Å². The van der Waals surface area contributed by atoms with Gasteiger partial charge in [0.15, 0.2) is 0 Å². The van der Waals surface area contributed by atoms with Crippen LogP contribution in [0.4, 0.5) is 0 Å². The highest BCUT2D eigenvalue weighted by Gasteiger charge is 2.13. The summed E-state index contributed by atoms with van der Waals surface area (Å²) in [6.45, 7) is 3.91. The third-order valence-electron chi connectivity index (χ3n) is 5.32. The highest BCUT2D eigenvalue weighted by Crippen LogP contribution is 2.13. The topological polar surface area (TPSA) is 41.3 Å². The summed E-state index contributed by atoms with van der Waals surface area (Å²) in [7, 11) is 0. The van der Waals surface area contributed by atoms with Crippen molar-refractivity contribution in [2.24, 2.45) is 5.73 Å². The fraction of sp³-hybridized carbons (Fsp3) is 0.826. The SMILES string of the molecule is CCCCCCCCCCCCCCCC/C=C/C1NC=CN1CCN. The van der Waals surface area contributed by atoms with Crippen molar-refractivity contribution >= 4 is 0 Å². The second-order valence-electron chi connectivity index (χ2n) is 7.77. The fourth-order valence-corrected chi connectivity index (χ4v) is 3.64. The second kappa shape index (κ2) is 17.5. The molecular formula is C23H45N3. The summed E-state index contributed by atoms with van der Waals surface area (Å²) in [5.41, 5.74) is 5.63. The van der Waals surface area contributed by atoms with Crippen molar-refractivity contribution in [3.63, 3.8) is 0 Å². The van der Waals surface area contributed by atoms with Crippen LogP contribution in [0.2, 0.25) is 0 Å². The van der Waals surface area contributed by atoms with Crippen molar-refractivity contribution in [1.82, 2.24) is 10.2 Å². The van der Waals surface area contributed by atoms with E-state index in [2.05, 4.69) is 35.5 Å². The Kier molecular flexibility index (Phi) is 15.5. The zero-order chi connectivity index (χ0) is 18.7. The Morgan fingerprint density at radius 2 is 1.38 bits per heavy atom. The molecule has 3 heteroatoms. The first kappa shape index (κ1) is 23.1. The first-order chi connectivity index (χ1) is 12.9. The molecule has 0 aromatic heterocycles. The van der Waals surface area contributed by atoms with Crippen molar-refractivity contribution in [1.29, 1.82) is 0 Å². The number of rotatable bonds is 18. The number of nitrogens with zero attached hydrogens (tertiary/aromatic N) is 1. The lowest BCUT2D eigenvalue weighted by atomic mass is 10.0. The Morgan fingerprint density at radius 3 is 1.92 bits per heavy atom. The number of unbranched alkanes of at least 4 members (excludes halogenated alkanes) is 14. The molecule has 0 amide bonds. The smallest absolute Gasteiger partial charge is 0.118 e. The van der Waals surface area contributed by atoms with Gasteiger partial charge in [-0.15, -0.1) is 0 Å². The first-order valence-corrected chi connectivity index (χ1v) is 11.4. The minimum atomic E-state index is 0.310. The Balaban J connectivity index is 1.79. The third kappa shape index (κ3) is 12.4. The lowest BCUT2D eigenvalue weighted by Crippen LogP contribution is -2.36. The zero-order valence-corrected chi connectivity index (χ0v) is 17.4. The predicted molar refractivity (Wildman–Crippen MR) is 116 cm³/mol. The molecular weight excluding hydrogens is 318 g/mol. The number of nitrogens with one attached hydrogen (secondary N) is 1. The maximum Gasteiger partial charge on any atom is 0.118 e. The molecule has 3 N–H and O–H groups in total. The predicted octanol–water partition coefficient (Wildman–Crippen LogP) is 6.08. The molecule has 0 aromatic carbocycles. The maximum atomic E-state index is 5.63. The Bertz CT molecular complexity index is 351. The summed E-state index contributed by atoms with van der Waals surface area (Å²) in [5.74, 6) is 0.